The zero-order chi connectivity index (χ0) is 23.1. The predicted octanol–water partition coefficient (Wildman–Crippen LogP) is 4.77. The lowest BCUT2D eigenvalue weighted by atomic mass is 9.52. The third-order valence-corrected chi connectivity index (χ3v) is 11.3. The van der Waals surface area contributed by atoms with Crippen molar-refractivity contribution in [2.24, 2.45) is 23.2 Å². The number of nitrogens with zero attached hydrogens (tertiary/aromatic N) is 2. The molecule has 1 aromatic heterocycles. The Balaban J connectivity index is 1.26. The lowest BCUT2D eigenvalue weighted by Crippen LogP contribution is -2.64. The van der Waals surface area contributed by atoms with E-state index in [0.717, 1.165) is 58.8 Å². The molecule has 0 saturated heterocycles. The molecule has 6 bridgehead atoms. The first-order valence-corrected chi connectivity index (χ1v) is 13.2. The fraction of sp³-hybridized carbons (Fsp3) is 0.679. The summed E-state index contributed by atoms with van der Waals surface area (Å²) in [6.45, 7) is 7.08. The summed E-state index contributed by atoms with van der Waals surface area (Å²) in [4.78, 5) is 24.9. The lowest BCUT2D eigenvalue weighted by molar-refractivity contribution is -0.136. The number of carbonyl (C=O) groups is 1. The van der Waals surface area contributed by atoms with Crippen LogP contribution in [-0.4, -0.2) is 28.2 Å². The average Bonchev–Trinajstić information content (AvgIpc) is 3.34. The van der Waals surface area contributed by atoms with Gasteiger partial charge < -0.3 is 14.8 Å². The number of ether oxygens (including phenoxy) is 2. The van der Waals surface area contributed by atoms with Crippen LogP contribution >= 0.6 is 0 Å². The molecule has 1 aliphatic heterocycles. The summed E-state index contributed by atoms with van der Waals surface area (Å²) in [6, 6.07) is 3.87. The van der Waals surface area contributed by atoms with Gasteiger partial charge in [-0.2, -0.15) is 0 Å². The van der Waals surface area contributed by atoms with Crippen molar-refractivity contribution in [1.29, 1.82) is 0 Å². The van der Waals surface area contributed by atoms with Gasteiger partial charge in [0.05, 0.1) is 27.8 Å². The number of fused-ring (bicyclic) bond motifs is 7. The molecule has 2 atom stereocenters. The largest absolute Gasteiger partial charge is 0.454 e. The van der Waals surface area contributed by atoms with E-state index in [4.69, 9.17) is 19.4 Å². The van der Waals surface area contributed by atoms with Crippen molar-refractivity contribution in [1.82, 2.24) is 15.3 Å². The van der Waals surface area contributed by atoms with Crippen molar-refractivity contribution in [2.75, 3.05) is 6.79 Å². The number of carbonyl (C=O) groups excluding carboxylic acids is 1. The molecule has 178 valence electrons. The summed E-state index contributed by atoms with van der Waals surface area (Å²) in [5, 5.41) is 3.74. The third-order valence-electron chi connectivity index (χ3n) is 11.3. The van der Waals surface area contributed by atoms with Gasteiger partial charge in [0.1, 0.15) is 0 Å². The summed E-state index contributed by atoms with van der Waals surface area (Å²) >= 11 is 0. The van der Waals surface area contributed by atoms with Crippen molar-refractivity contribution >= 4 is 16.9 Å². The Morgan fingerprint density at radius 3 is 2.03 bits per heavy atom. The summed E-state index contributed by atoms with van der Waals surface area (Å²) in [6.07, 6.45) is 9.42. The Bertz CT molecular complexity index is 1250. The van der Waals surface area contributed by atoms with Gasteiger partial charge in [0.25, 0.3) is 0 Å². The number of nitrogens with one attached hydrogen (secondary N) is 1. The second kappa shape index (κ2) is 5.88. The Kier molecular flexibility index (Phi) is 3.44. The second-order valence-electron chi connectivity index (χ2n) is 13.1. The minimum atomic E-state index is -0.641. The minimum absolute atomic E-state index is 0.00527. The molecular weight excluding hydrogens is 426 g/mol. The van der Waals surface area contributed by atoms with Crippen molar-refractivity contribution in [3.8, 4) is 11.5 Å². The number of benzene rings is 1. The Labute approximate surface area is 200 Å². The Morgan fingerprint density at radius 2 is 1.44 bits per heavy atom. The van der Waals surface area contributed by atoms with Crippen LogP contribution in [0.5, 0.6) is 11.5 Å². The molecule has 6 aliphatic carbocycles. The maximum Gasteiger partial charge on any atom is 0.233 e. The fourth-order valence-electron chi connectivity index (χ4n) is 9.61. The molecule has 7 aliphatic rings. The zero-order valence-corrected chi connectivity index (χ0v) is 20.4. The van der Waals surface area contributed by atoms with E-state index in [-0.39, 0.29) is 29.1 Å². The average molecular weight is 460 g/mol. The van der Waals surface area contributed by atoms with Gasteiger partial charge in [0.2, 0.25) is 12.7 Å². The van der Waals surface area contributed by atoms with Gasteiger partial charge in [0, 0.05) is 23.1 Å². The molecule has 0 spiro atoms. The maximum atomic E-state index is 14.5. The van der Waals surface area contributed by atoms with Crippen molar-refractivity contribution < 1.29 is 14.3 Å². The van der Waals surface area contributed by atoms with Gasteiger partial charge in [0.15, 0.2) is 11.5 Å². The highest BCUT2D eigenvalue weighted by molar-refractivity contribution is 5.93. The molecule has 5 saturated carbocycles. The van der Waals surface area contributed by atoms with E-state index >= 15 is 0 Å². The lowest BCUT2D eigenvalue weighted by Gasteiger charge is -2.57. The molecule has 2 unspecified atom stereocenters. The van der Waals surface area contributed by atoms with Crippen LogP contribution in [0.4, 0.5) is 0 Å². The van der Waals surface area contributed by atoms with Crippen LogP contribution in [0, 0.1) is 23.2 Å². The molecule has 1 amide bonds. The van der Waals surface area contributed by atoms with Gasteiger partial charge in [-0.3, -0.25) is 4.79 Å². The summed E-state index contributed by atoms with van der Waals surface area (Å²) < 4.78 is 11.2. The molecule has 34 heavy (non-hydrogen) atoms. The third kappa shape index (κ3) is 2.14. The number of hydrogen-bond acceptors (Lipinski definition) is 5. The second-order valence-corrected chi connectivity index (χ2v) is 13.1. The standard InChI is InChI=1S/C28H33N3O3/c1-25(2)26(3)4-5-28(25,24(32)31-27-11-15-6-16(12-27)8-17(7-15)13-27)23-22(26)29-18-9-20-21(34-14-33-20)10-19(18)30-23/h9-10,15-17H,4-8,11-14H2,1-3H3,(H,31,32). The molecule has 1 N–H and O–H groups in total. The van der Waals surface area contributed by atoms with E-state index in [0.29, 0.717) is 5.75 Å². The summed E-state index contributed by atoms with van der Waals surface area (Å²) in [5.74, 6) is 4.04. The Hall–Kier alpha value is -2.37. The highest BCUT2D eigenvalue weighted by Gasteiger charge is 2.73. The topological polar surface area (TPSA) is 73.3 Å². The fourth-order valence-corrected chi connectivity index (χ4v) is 9.61. The van der Waals surface area contributed by atoms with Crippen LogP contribution < -0.4 is 14.8 Å². The van der Waals surface area contributed by atoms with Crippen LogP contribution in [0.15, 0.2) is 12.1 Å². The molecule has 6 heteroatoms. The van der Waals surface area contributed by atoms with Crippen LogP contribution in [0.2, 0.25) is 0 Å². The highest BCUT2D eigenvalue weighted by Crippen LogP contribution is 2.70. The summed E-state index contributed by atoms with van der Waals surface area (Å²) in [5.41, 5.74) is 2.43. The smallest absolute Gasteiger partial charge is 0.233 e. The molecule has 2 aromatic rings. The summed E-state index contributed by atoms with van der Waals surface area (Å²) in [7, 11) is 0. The molecule has 1 aromatic carbocycles. The van der Waals surface area contributed by atoms with Crippen LogP contribution in [0.1, 0.15) is 83.5 Å². The first kappa shape index (κ1) is 19.9. The minimum Gasteiger partial charge on any atom is -0.454 e. The van der Waals surface area contributed by atoms with E-state index in [2.05, 4.69) is 26.1 Å². The van der Waals surface area contributed by atoms with Crippen molar-refractivity contribution in [3.05, 3.63) is 23.5 Å². The number of rotatable bonds is 2. The van der Waals surface area contributed by atoms with Crippen LogP contribution in [0.25, 0.3) is 11.0 Å². The molecule has 0 radical (unpaired) electrons. The van der Waals surface area contributed by atoms with Gasteiger partial charge >= 0.3 is 0 Å². The number of aromatic nitrogens is 2. The van der Waals surface area contributed by atoms with Crippen molar-refractivity contribution in [2.45, 2.75) is 88.5 Å². The molecule has 9 rings (SSSR count). The normalized spacial score (nSPS) is 41.8. The highest BCUT2D eigenvalue weighted by atomic mass is 16.7. The zero-order valence-electron chi connectivity index (χ0n) is 20.4. The first-order chi connectivity index (χ1) is 16.2. The van der Waals surface area contributed by atoms with Crippen LogP contribution in [0.3, 0.4) is 0 Å². The quantitative estimate of drug-likeness (QED) is 0.700. The maximum absolute atomic E-state index is 14.5. The Morgan fingerprint density at radius 1 is 0.882 bits per heavy atom. The van der Waals surface area contributed by atoms with Gasteiger partial charge in [-0.05, 0) is 74.5 Å². The van der Waals surface area contributed by atoms with Crippen molar-refractivity contribution in [3.63, 3.8) is 0 Å². The molecule has 5 fully saturated rings. The van der Waals surface area contributed by atoms with E-state index in [1.54, 1.807) is 0 Å². The van der Waals surface area contributed by atoms with Crippen LogP contribution in [-0.2, 0) is 15.6 Å². The first-order valence-electron chi connectivity index (χ1n) is 13.2. The van der Waals surface area contributed by atoms with E-state index < -0.39 is 5.41 Å². The van der Waals surface area contributed by atoms with Gasteiger partial charge in [-0.15, -0.1) is 0 Å². The predicted molar refractivity (Wildman–Crippen MR) is 127 cm³/mol. The molecule has 6 nitrogen and oxygen atoms in total. The van der Waals surface area contributed by atoms with E-state index in [1.807, 2.05) is 12.1 Å². The monoisotopic (exact) mass is 459 g/mol. The molecular formula is C28H33N3O3. The number of amides is 1. The van der Waals surface area contributed by atoms with E-state index in [1.165, 1.54) is 38.5 Å². The van der Waals surface area contributed by atoms with Gasteiger partial charge in [-0.25, -0.2) is 9.97 Å². The SMILES string of the molecule is CC12CCC(C(=O)NC34CC5CC(CC(C5)C3)C4)(c3nc4cc5c(cc4nc31)OCO5)C2(C)C. The number of hydrogen-bond donors (Lipinski definition) is 1. The van der Waals surface area contributed by atoms with E-state index in [9.17, 15) is 4.79 Å². The van der Waals surface area contributed by atoms with Gasteiger partial charge in [-0.1, -0.05) is 20.8 Å². The molecule has 2 heterocycles.